The molecule has 0 amide bonds. The highest BCUT2D eigenvalue weighted by Crippen LogP contribution is 2.36. The molecule has 0 radical (unpaired) electrons. The van der Waals surface area contributed by atoms with Crippen LogP contribution in [0.1, 0.15) is 24.0 Å². The van der Waals surface area contributed by atoms with Crippen LogP contribution in [0.15, 0.2) is 82.6 Å². The molecule has 37 heavy (non-hydrogen) atoms. The van der Waals surface area contributed by atoms with Crippen LogP contribution in [-0.4, -0.2) is 47.2 Å². The Morgan fingerprint density at radius 2 is 1.49 bits per heavy atom. The van der Waals surface area contributed by atoms with Crippen LogP contribution < -0.4 is 10.2 Å². The molecule has 0 unspecified atom stereocenters. The van der Waals surface area contributed by atoms with Gasteiger partial charge in [0.25, 0.3) is 0 Å². The summed E-state index contributed by atoms with van der Waals surface area (Å²) in [5, 5.41) is 14.3. The van der Waals surface area contributed by atoms with Gasteiger partial charge in [-0.05, 0) is 35.4 Å². The Kier molecular flexibility index (Phi) is 6.97. The number of aromatic nitrogens is 2. The van der Waals surface area contributed by atoms with Gasteiger partial charge in [0.2, 0.25) is 5.95 Å². The normalized spacial score (nSPS) is 16.9. The van der Waals surface area contributed by atoms with Crippen molar-refractivity contribution in [1.29, 1.82) is 0 Å². The Labute approximate surface area is 220 Å². The van der Waals surface area contributed by atoms with Gasteiger partial charge in [0.05, 0.1) is 25.3 Å². The van der Waals surface area contributed by atoms with Gasteiger partial charge in [0.15, 0.2) is 5.79 Å². The van der Waals surface area contributed by atoms with E-state index in [1.807, 2.05) is 54.6 Å². The van der Waals surface area contributed by atoms with Crippen molar-refractivity contribution in [3.05, 3.63) is 83.9 Å². The van der Waals surface area contributed by atoms with E-state index in [9.17, 15) is 5.11 Å². The predicted molar refractivity (Wildman–Crippen MR) is 146 cm³/mol. The molecule has 8 heteroatoms. The molecule has 2 fully saturated rings. The van der Waals surface area contributed by atoms with Crippen LogP contribution in [0.2, 0.25) is 0 Å². The number of piperidine rings is 1. The number of hydrogen-bond donors (Lipinski definition) is 2. The molecule has 3 aromatic carbocycles. The van der Waals surface area contributed by atoms with Gasteiger partial charge in [-0.1, -0.05) is 60.3 Å². The van der Waals surface area contributed by atoms with Crippen molar-refractivity contribution in [2.24, 2.45) is 0 Å². The smallest absolute Gasteiger partial charge is 0.225 e. The number of benzene rings is 3. The van der Waals surface area contributed by atoms with Crippen LogP contribution >= 0.6 is 11.8 Å². The fourth-order valence-electron chi connectivity index (χ4n) is 5.00. The third kappa shape index (κ3) is 5.15. The number of para-hydroxylation sites is 1. The summed E-state index contributed by atoms with van der Waals surface area (Å²) < 4.78 is 11.8. The molecule has 0 bridgehead atoms. The number of nitrogens with zero attached hydrogens (tertiary/aromatic N) is 3. The number of fused-ring (bicyclic) bond motifs is 1. The van der Waals surface area contributed by atoms with Crippen LogP contribution in [0.5, 0.6) is 0 Å². The lowest BCUT2D eigenvalue weighted by Crippen LogP contribution is -2.45. The van der Waals surface area contributed by atoms with Crippen LogP contribution in [-0.2, 0) is 22.6 Å². The molecular formula is C29H30N4O3S. The van der Waals surface area contributed by atoms with Crippen molar-refractivity contribution in [3.8, 4) is 0 Å². The molecule has 0 aliphatic carbocycles. The second kappa shape index (κ2) is 10.7. The molecule has 1 spiro atoms. The van der Waals surface area contributed by atoms with Crippen molar-refractivity contribution in [3.63, 3.8) is 0 Å². The molecule has 4 aromatic rings. The minimum absolute atomic E-state index is 0.0210. The monoisotopic (exact) mass is 514 g/mol. The molecule has 3 heterocycles. The molecule has 2 N–H and O–H groups in total. The van der Waals surface area contributed by atoms with Crippen molar-refractivity contribution >= 4 is 34.4 Å². The summed E-state index contributed by atoms with van der Waals surface area (Å²) >= 11 is 1.67. The highest BCUT2D eigenvalue weighted by atomic mass is 32.2. The van der Waals surface area contributed by atoms with Crippen molar-refractivity contribution in [2.45, 2.75) is 41.6 Å². The third-order valence-corrected chi connectivity index (χ3v) is 8.23. The zero-order chi connectivity index (χ0) is 25.1. The van der Waals surface area contributed by atoms with E-state index in [1.54, 1.807) is 11.8 Å². The number of anilines is 2. The average Bonchev–Trinajstić information content (AvgIpc) is 3.40. The topological polar surface area (TPSA) is 79.7 Å². The lowest BCUT2D eigenvalue weighted by molar-refractivity contribution is -0.169. The maximum atomic E-state index is 9.74. The summed E-state index contributed by atoms with van der Waals surface area (Å²) in [5.74, 6) is 1.13. The third-order valence-electron chi connectivity index (χ3n) is 6.99. The Morgan fingerprint density at radius 1 is 0.838 bits per heavy atom. The number of nitrogens with one attached hydrogen (secondary N) is 1. The number of ether oxygens (including phenoxy) is 2. The van der Waals surface area contributed by atoms with Gasteiger partial charge in [-0.25, -0.2) is 4.98 Å². The van der Waals surface area contributed by atoms with Crippen molar-refractivity contribution < 1.29 is 14.6 Å². The van der Waals surface area contributed by atoms with E-state index in [0.717, 1.165) is 63.6 Å². The molecule has 6 rings (SSSR count). The summed E-state index contributed by atoms with van der Waals surface area (Å²) in [6, 6.07) is 24.4. The molecule has 0 atom stereocenters. The molecule has 2 aliphatic rings. The van der Waals surface area contributed by atoms with E-state index >= 15 is 0 Å². The van der Waals surface area contributed by atoms with E-state index in [4.69, 9.17) is 19.4 Å². The average molecular weight is 515 g/mol. The summed E-state index contributed by atoms with van der Waals surface area (Å²) in [6.45, 7) is 3.61. The maximum absolute atomic E-state index is 9.74. The fourth-order valence-corrected chi connectivity index (χ4v) is 6.07. The van der Waals surface area contributed by atoms with Gasteiger partial charge in [-0.3, -0.25) is 0 Å². The summed E-state index contributed by atoms with van der Waals surface area (Å²) in [5.41, 5.74) is 2.99. The Morgan fingerprint density at radius 3 is 2.24 bits per heavy atom. The van der Waals surface area contributed by atoms with Gasteiger partial charge in [-0.15, -0.1) is 0 Å². The molecule has 0 saturated carbocycles. The van der Waals surface area contributed by atoms with Crippen LogP contribution in [0.25, 0.3) is 10.9 Å². The predicted octanol–water partition coefficient (Wildman–Crippen LogP) is 5.23. The zero-order valence-electron chi connectivity index (χ0n) is 20.6. The first kappa shape index (κ1) is 24.2. The number of rotatable bonds is 7. The minimum Gasteiger partial charge on any atom is -0.392 e. The SMILES string of the molecule is OCc1ccccc1Sc1ccccc1CNc1nc(N2CCC3(CC2)OCCO3)c2ccccc2n1. The van der Waals surface area contributed by atoms with Gasteiger partial charge in [0, 0.05) is 47.7 Å². The lowest BCUT2D eigenvalue weighted by atomic mass is 10.0. The summed E-state index contributed by atoms with van der Waals surface area (Å²) in [7, 11) is 0. The Balaban J connectivity index is 1.23. The minimum atomic E-state index is -0.420. The molecule has 7 nitrogen and oxygen atoms in total. The first-order valence-corrected chi connectivity index (χ1v) is 13.5. The number of aliphatic hydroxyl groups is 1. The van der Waals surface area contributed by atoms with Gasteiger partial charge >= 0.3 is 0 Å². The maximum Gasteiger partial charge on any atom is 0.225 e. The van der Waals surface area contributed by atoms with E-state index < -0.39 is 5.79 Å². The second-order valence-electron chi connectivity index (χ2n) is 9.31. The molecular weight excluding hydrogens is 484 g/mol. The summed E-state index contributed by atoms with van der Waals surface area (Å²) in [4.78, 5) is 14.3. The van der Waals surface area contributed by atoms with Gasteiger partial charge in [0.1, 0.15) is 5.82 Å². The molecule has 1 aromatic heterocycles. The number of hydrogen-bond acceptors (Lipinski definition) is 8. The van der Waals surface area contributed by atoms with E-state index in [1.165, 1.54) is 0 Å². The fraction of sp³-hybridized carbons (Fsp3) is 0.310. The molecule has 190 valence electrons. The van der Waals surface area contributed by atoms with Gasteiger partial charge < -0.3 is 24.8 Å². The quantitative estimate of drug-likeness (QED) is 0.347. The van der Waals surface area contributed by atoms with Gasteiger partial charge in [-0.2, -0.15) is 4.98 Å². The van der Waals surface area contributed by atoms with E-state index in [2.05, 4.69) is 28.4 Å². The standard InChI is InChI=1S/C29H30N4O3S/c34-20-22-8-2-6-12-26(22)37-25-11-5-1-7-21(25)19-30-28-31-24-10-4-3-9-23(24)27(32-28)33-15-13-29(14-16-33)35-17-18-36-29/h1-12,34H,13-20H2,(H,30,31,32). The van der Waals surface area contributed by atoms with Crippen LogP contribution in [0.4, 0.5) is 11.8 Å². The molecule has 2 saturated heterocycles. The first-order valence-electron chi connectivity index (χ1n) is 12.7. The summed E-state index contributed by atoms with van der Waals surface area (Å²) in [6.07, 6.45) is 1.65. The van der Waals surface area contributed by atoms with E-state index in [-0.39, 0.29) is 6.61 Å². The highest BCUT2D eigenvalue weighted by Gasteiger charge is 2.40. The molecule has 2 aliphatic heterocycles. The number of aliphatic hydroxyl groups excluding tert-OH is 1. The van der Waals surface area contributed by atoms with E-state index in [0.29, 0.717) is 25.7 Å². The Bertz CT molecular complexity index is 1380. The zero-order valence-corrected chi connectivity index (χ0v) is 21.4. The van der Waals surface area contributed by atoms with Crippen LogP contribution in [0, 0.1) is 0 Å². The Hall–Kier alpha value is -3.17. The highest BCUT2D eigenvalue weighted by molar-refractivity contribution is 7.99. The second-order valence-corrected chi connectivity index (χ2v) is 10.4. The first-order chi connectivity index (χ1) is 18.2. The van der Waals surface area contributed by atoms with Crippen LogP contribution in [0.3, 0.4) is 0 Å². The van der Waals surface area contributed by atoms with Crippen molar-refractivity contribution in [2.75, 3.05) is 36.5 Å². The lowest BCUT2D eigenvalue weighted by Gasteiger charge is -2.38. The largest absolute Gasteiger partial charge is 0.392 e. The van der Waals surface area contributed by atoms with Crippen molar-refractivity contribution in [1.82, 2.24) is 9.97 Å².